The van der Waals surface area contributed by atoms with Gasteiger partial charge >= 0.3 is 6.09 Å². The maximum atomic E-state index is 12.7. The van der Waals surface area contributed by atoms with Gasteiger partial charge in [-0.2, -0.15) is 5.10 Å². The van der Waals surface area contributed by atoms with Crippen molar-refractivity contribution >= 4 is 17.7 Å². The Hall–Kier alpha value is -3.03. The standard InChI is InChI=1S/C20H26N4O4/c1-5-27-14-8-6-13(7-9-14)21-18(25)17-15-12-24(11-10-16(15)22-23-17)19(26)28-20(2,3)4/h6-9H,5,10-12H2,1-4H3,(H,21,25)(H,22,23). The molecule has 0 saturated carbocycles. The number of amides is 2. The highest BCUT2D eigenvalue weighted by atomic mass is 16.6. The predicted octanol–water partition coefficient (Wildman–Crippen LogP) is 3.35. The lowest BCUT2D eigenvalue weighted by Gasteiger charge is -2.30. The third kappa shape index (κ3) is 4.62. The van der Waals surface area contributed by atoms with Crippen LogP contribution in [0.3, 0.4) is 0 Å². The number of carbonyl (C=O) groups excluding carboxylic acids is 2. The van der Waals surface area contributed by atoms with Gasteiger partial charge in [0, 0.05) is 29.9 Å². The first-order valence-electron chi connectivity index (χ1n) is 9.35. The third-order valence-electron chi connectivity index (χ3n) is 4.22. The van der Waals surface area contributed by atoms with Gasteiger partial charge in [0.1, 0.15) is 11.4 Å². The van der Waals surface area contributed by atoms with Crippen LogP contribution in [0.1, 0.15) is 49.4 Å². The van der Waals surface area contributed by atoms with Crippen molar-refractivity contribution in [2.45, 2.75) is 46.3 Å². The summed E-state index contributed by atoms with van der Waals surface area (Å²) in [6.07, 6.45) is 0.204. The van der Waals surface area contributed by atoms with Crippen LogP contribution < -0.4 is 10.1 Å². The van der Waals surface area contributed by atoms with E-state index in [0.717, 1.165) is 17.0 Å². The minimum atomic E-state index is -0.568. The zero-order valence-corrected chi connectivity index (χ0v) is 16.7. The van der Waals surface area contributed by atoms with Gasteiger partial charge in [0.15, 0.2) is 5.69 Å². The number of fused-ring (bicyclic) bond motifs is 1. The van der Waals surface area contributed by atoms with Crippen LogP contribution in [-0.2, 0) is 17.7 Å². The number of benzene rings is 1. The molecule has 1 aromatic heterocycles. The maximum absolute atomic E-state index is 12.7. The van der Waals surface area contributed by atoms with E-state index < -0.39 is 11.7 Å². The average molecular weight is 386 g/mol. The summed E-state index contributed by atoms with van der Waals surface area (Å²) in [7, 11) is 0. The maximum Gasteiger partial charge on any atom is 0.410 e. The Labute approximate surface area is 164 Å². The summed E-state index contributed by atoms with van der Waals surface area (Å²) in [6.45, 7) is 8.78. The van der Waals surface area contributed by atoms with Crippen molar-refractivity contribution < 1.29 is 19.1 Å². The number of rotatable bonds is 4. The Morgan fingerprint density at radius 2 is 1.96 bits per heavy atom. The van der Waals surface area contributed by atoms with Crippen LogP contribution in [0.5, 0.6) is 5.75 Å². The lowest BCUT2D eigenvalue weighted by Crippen LogP contribution is -2.40. The molecule has 0 bridgehead atoms. The second-order valence-corrected chi connectivity index (χ2v) is 7.59. The van der Waals surface area contributed by atoms with Gasteiger partial charge in [-0.05, 0) is 52.0 Å². The molecule has 0 atom stereocenters. The van der Waals surface area contributed by atoms with Gasteiger partial charge in [0.05, 0.1) is 13.2 Å². The first-order chi connectivity index (χ1) is 13.3. The molecule has 1 aromatic carbocycles. The molecule has 8 heteroatoms. The lowest BCUT2D eigenvalue weighted by atomic mass is 10.1. The Morgan fingerprint density at radius 1 is 1.25 bits per heavy atom. The second-order valence-electron chi connectivity index (χ2n) is 7.59. The molecule has 0 aliphatic carbocycles. The van der Waals surface area contributed by atoms with Gasteiger partial charge in [-0.3, -0.25) is 9.89 Å². The lowest BCUT2D eigenvalue weighted by molar-refractivity contribution is 0.0222. The molecule has 0 spiro atoms. The molecule has 0 unspecified atom stereocenters. The minimum absolute atomic E-state index is 0.285. The van der Waals surface area contributed by atoms with Crippen molar-refractivity contribution in [2.75, 3.05) is 18.5 Å². The van der Waals surface area contributed by atoms with Crippen LogP contribution in [0.2, 0.25) is 0 Å². The van der Waals surface area contributed by atoms with Crippen LogP contribution in [0.15, 0.2) is 24.3 Å². The molecule has 0 radical (unpaired) electrons. The van der Waals surface area contributed by atoms with E-state index in [1.807, 2.05) is 27.7 Å². The first kappa shape index (κ1) is 19.7. The van der Waals surface area contributed by atoms with Crippen molar-refractivity contribution in [3.63, 3.8) is 0 Å². The van der Waals surface area contributed by atoms with Gasteiger partial charge in [-0.15, -0.1) is 0 Å². The highest BCUT2D eigenvalue weighted by Gasteiger charge is 2.30. The zero-order chi connectivity index (χ0) is 20.3. The highest BCUT2D eigenvalue weighted by molar-refractivity contribution is 6.04. The summed E-state index contributed by atoms with van der Waals surface area (Å²) in [4.78, 5) is 26.7. The Balaban J connectivity index is 1.70. The summed E-state index contributed by atoms with van der Waals surface area (Å²) in [5.41, 5.74) is 1.96. The first-order valence-corrected chi connectivity index (χ1v) is 9.35. The normalized spacial score (nSPS) is 13.6. The second kappa shape index (κ2) is 7.92. The van der Waals surface area contributed by atoms with E-state index in [0.29, 0.717) is 25.3 Å². The van der Waals surface area contributed by atoms with Crippen molar-refractivity contribution in [3.8, 4) is 5.75 Å². The van der Waals surface area contributed by atoms with Gasteiger partial charge in [0.2, 0.25) is 0 Å². The predicted molar refractivity (Wildman–Crippen MR) is 104 cm³/mol. The number of nitrogens with one attached hydrogen (secondary N) is 2. The molecule has 1 aliphatic rings. The minimum Gasteiger partial charge on any atom is -0.494 e. The Bertz CT molecular complexity index is 852. The number of aromatic nitrogens is 2. The summed E-state index contributed by atoms with van der Waals surface area (Å²) < 4.78 is 10.8. The van der Waals surface area contributed by atoms with E-state index in [4.69, 9.17) is 9.47 Å². The van der Waals surface area contributed by atoms with Crippen molar-refractivity contribution in [1.29, 1.82) is 0 Å². The SMILES string of the molecule is CCOc1ccc(NC(=O)c2n[nH]c3c2CN(C(=O)OC(C)(C)C)CC3)cc1. The molecule has 2 N–H and O–H groups in total. The molecule has 0 saturated heterocycles. The molecule has 2 heterocycles. The Morgan fingerprint density at radius 3 is 2.61 bits per heavy atom. The third-order valence-corrected chi connectivity index (χ3v) is 4.22. The zero-order valence-electron chi connectivity index (χ0n) is 16.7. The van der Waals surface area contributed by atoms with Crippen LogP contribution >= 0.6 is 0 Å². The molecule has 2 amide bonds. The molecular weight excluding hydrogens is 360 g/mol. The van der Waals surface area contributed by atoms with Gasteiger partial charge in [0.25, 0.3) is 5.91 Å². The van der Waals surface area contributed by atoms with Crippen molar-refractivity contribution in [2.24, 2.45) is 0 Å². The van der Waals surface area contributed by atoms with Crippen LogP contribution in [0.4, 0.5) is 10.5 Å². The molecule has 8 nitrogen and oxygen atoms in total. The van der Waals surface area contributed by atoms with E-state index in [2.05, 4.69) is 15.5 Å². The number of anilines is 1. The quantitative estimate of drug-likeness (QED) is 0.840. The largest absolute Gasteiger partial charge is 0.494 e. The van der Waals surface area contributed by atoms with E-state index in [9.17, 15) is 9.59 Å². The van der Waals surface area contributed by atoms with E-state index >= 15 is 0 Å². The number of H-pyrrole nitrogens is 1. The monoisotopic (exact) mass is 386 g/mol. The Kier molecular flexibility index (Phi) is 5.58. The molecule has 28 heavy (non-hydrogen) atoms. The van der Waals surface area contributed by atoms with Crippen molar-refractivity contribution in [1.82, 2.24) is 15.1 Å². The molecular formula is C20H26N4O4. The van der Waals surface area contributed by atoms with E-state index in [1.165, 1.54) is 0 Å². The fourth-order valence-corrected chi connectivity index (χ4v) is 2.96. The van der Waals surface area contributed by atoms with Crippen LogP contribution in [-0.4, -0.2) is 45.9 Å². The van der Waals surface area contributed by atoms with Gasteiger partial charge < -0.3 is 19.7 Å². The molecule has 3 rings (SSSR count). The summed E-state index contributed by atoms with van der Waals surface area (Å²) >= 11 is 0. The van der Waals surface area contributed by atoms with Crippen LogP contribution in [0.25, 0.3) is 0 Å². The average Bonchev–Trinajstić information content (AvgIpc) is 3.05. The fraction of sp³-hybridized carbons (Fsp3) is 0.450. The number of aromatic amines is 1. The van der Waals surface area contributed by atoms with E-state index in [1.54, 1.807) is 29.2 Å². The molecule has 150 valence electrons. The topological polar surface area (TPSA) is 96.5 Å². The number of ether oxygens (including phenoxy) is 2. The number of hydrogen-bond donors (Lipinski definition) is 2. The fourth-order valence-electron chi connectivity index (χ4n) is 2.96. The summed E-state index contributed by atoms with van der Waals surface area (Å²) in [5.74, 6) is 0.415. The number of hydrogen-bond acceptors (Lipinski definition) is 5. The molecule has 2 aromatic rings. The highest BCUT2D eigenvalue weighted by Crippen LogP contribution is 2.23. The summed E-state index contributed by atoms with van der Waals surface area (Å²) in [5, 5.41) is 9.92. The van der Waals surface area contributed by atoms with Gasteiger partial charge in [-0.25, -0.2) is 4.79 Å². The van der Waals surface area contributed by atoms with Gasteiger partial charge in [-0.1, -0.05) is 0 Å². The molecule has 1 aliphatic heterocycles. The number of carbonyl (C=O) groups is 2. The smallest absolute Gasteiger partial charge is 0.410 e. The van der Waals surface area contributed by atoms with E-state index in [-0.39, 0.29) is 18.1 Å². The van der Waals surface area contributed by atoms with Crippen LogP contribution in [0, 0.1) is 0 Å². The summed E-state index contributed by atoms with van der Waals surface area (Å²) in [6, 6.07) is 7.14. The van der Waals surface area contributed by atoms with Crippen molar-refractivity contribution in [3.05, 3.63) is 41.2 Å². The molecule has 0 fully saturated rings. The number of nitrogens with zero attached hydrogens (tertiary/aromatic N) is 2.